The molecule has 0 bridgehead atoms. The van der Waals surface area contributed by atoms with Crippen molar-refractivity contribution in [1.82, 2.24) is 0 Å². The van der Waals surface area contributed by atoms with Gasteiger partial charge in [0, 0.05) is 19.3 Å². The zero-order valence-electron chi connectivity index (χ0n) is 10.1. The highest BCUT2D eigenvalue weighted by atomic mass is 16.1. The van der Waals surface area contributed by atoms with E-state index in [0.29, 0.717) is 18.6 Å². The largest absolute Gasteiger partial charge is 0.300 e. The maximum Gasteiger partial charge on any atom is 0.132 e. The standard InChI is InChI=1S/C16H18O/c1-2-3-11-16(12-9-15(17)10-13-16)14-7-5-4-6-8-14/h1,4-8H,3,9-13H2. The molecule has 1 saturated carbocycles. The fourth-order valence-corrected chi connectivity index (χ4v) is 2.79. The van der Waals surface area contributed by atoms with Crippen LogP contribution in [0.25, 0.3) is 0 Å². The zero-order valence-corrected chi connectivity index (χ0v) is 10.1. The first-order valence-corrected chi connectivity index (χ1v) is 6.27. The molecule has 1 fully saturated rings. The molecule has 0 saturated heterocycles. The van der Waals surface area contributed by atoms with Gasteiger partial charge in [0.2, 0.25) is 0 Å². The Morgan fingerprint density at radius 3 is 2.41 bits per heavy atom. The van der Waals surface area contributed by atoms with Gasteiger partial charge in [-0.15, -0.1) is 12.3 Å². The average Bonchev–Trinajstić information content (AvgIpc) is 2.40. The number of carbonyl (C=O) groups excluding carboxylic acids is 1. The van der Waals surface area contributed by atoms with E-state index in [1.807, 2.05) is 6.07 Å². The molecule has 1 nitrogen and oxygen atoms in total. The van der Waals surface area contributed by atoms with Crippen molar-refractivity contribution in [3.8, 4) is 12.3 Å². The molecule has 0 heterocycles. The smallest absolute Gasteiger partial charge is 0.132 e. The van der Waals surface area contributed by atoms with Gasteiger partial charge in [-0.2, -0.15) is 0 Å². The number of ketones is 1. The normalized spacial score (nSPS) is 18.6. The van der Waals surface area contributed by atoms with Gasteiger partial charge in [-0.1, -0.05) is 30.3 Å². The second kappa shape index (κ2) is 5.19. The number of terminal acetylenes is 1. The molecule has 88 valence electrons. The van der Waals surface area contributed by atoms with Crippen LogP contribution < -0.4 is 0 Å². The summed E-state index contributed by atoms with van der Waals surface area (Å²) in [5.74, 6) is 3.14. The minimum Gasteiger partial charge on any atom is -0.300 e. The second-order valence-electron chi connectivity index (χ2n) is 4.89. The Morgan fingerprint density at radius 2 is 1.82 bits per heavy atom. The lowest BCUT2D eigenvalue weighted by Crippen LogP contribution is -2.31. The number of carbonyl (C=O) groups is 1. The molecule has 0 aliphatic heterocycles. The van der Waals surface area contributed by atoms with E-state index in [0.717, 1.165) is 25.7 Å². The lowest BCUT2D eigenvalue weighted by atomic mass is 9.66. The SMILES string of the molecule is C#CCCC1(c2ccccc2)CCC(=O)CC1. The maximum atomic E-state index is 11.4. The third-order valence-corrected chi connectivity index (χ3v) is 3.90. The molecule has 0 radical (unpaired) electrons. The van der Waals surface area contributed by atoms with Crippen molar-refractivity contribution in [1.29, 1.82) is 0 Å². The van der Waals surface area contributed by atoms with Crippen molar-refractivity contribution in [2.45, 2.75) is 43.9 Å². The first-order valence-electron chi connectivity index (χ1n) is 6.27. The van der Waals surface area contributed by atoms with Crippen LogP contribution >= 0.6 is 0 Å². The van der Waals surface area contributed by atoms with Crippen LogP contribution in [0, 0.1) is 12.3 Å². The quantitative estimate of drug-likeness (QED) is 0.721. The predicted molar refractivity (Wildman–Crippen MR) is 69.7 cm³/mol. The number of benzene rings is 1. The fourth-order valence-electron chi connectivity index (χ4n) is 2.79. The highest BCUT2D eigenvalue weighted by molar-refractivity contribution is 5.79. The van der Waals surface area contributed by atoms with Gasteiger partial charge in [-0.25, -0.2) is 0 Å². The summed E-state index contributed by atoms with van der Waals surface area (Å²) in [6, 6.07) is 10.5. The topological polar surface area (TPSA) is 17.1 Å². The van der Waals surface area contributed by atoms with Crippen LogP contribution in [0.15, 0.2) is 30.3 Å². The van der Waals surface area contributed by atoms with E-state index in [4.69, 9.17) is 6.42 Å². The molecule has 0 aromatic heterocycles. The van der Waals surface area contributed by atoms with Gasteiger partial charge in [-0.3, -0.25) is 4.79 Å². The second-order valence-corrected chi connectivity index (χ2v) is 4.89. The molecule has 1 heteroatoms. The molecule has 1 aromatic rings. The Hall–Kier alpha value is -1.55. The molecule has 1 aromatic carbocycles. The number of Topliss-reactive ketones (excluding diaryl/α,β-unsaturated/α-hetero) is 1. The Labute approximate surface area is 103 Å². The molecule has 0 amide bonds. The van der Waals surface area contributed by atoms with Crippen LogP contribution in [0.4, 0.5) is 0 Å². The summed E-state index contributed by atoms with van der Waals surface area (Å²) >= 11 is 0. The summed E-state index contributed by atoms with van der Waals surface area (Å²) in [6.45, 7) is 0. The molecule has 1 aliphatic carbocycles. The van der Waals surface area contributed by atoms with Gasteiger partial charge in [-0.05, 0) is 30.2 Å². The molecule has 2 rings (SSSR count). The molecule has 0 spiro atoms. The predicted octanol–water partition coefficient (Wildman–Crippen LogP) is 3.48. The zero-order chi connectivity index (χ0) is 12.1. The van der Waals surface area contributed by atoms with Crippen LogP contribution in [0.2, 0.25) is 0 Å². The van der Waals surface area contributed by atoms with E-state index in [9.17, 15) is 4.79 Å². The van der Waals surface area contributed by atoms with E-state index < -0.39 is 0 Å². The molecular formula is C16H18O. The molecule has 0 unspecified atom stereocenters. The van der Waals surface area contributed by atoms with Crippen molar-refractivity contribution in [3.05, 3.63) is 35.9 Å². The summed E-state index contributed by atoms with van der Waals surface area (Å²) in [6.07, 6.45) is 10.5. The monoisotopic (exact) mass is 226 g/mol. The van der Waals surface area contributed by atoms with Gasteiger partial charge in [0.15, 0.2) is 0 Å². The lowest BCUT2D eigenvalue weighted by molar-refractivity contribution is -0.121. The highest BCUT2D eigenvalue weighted by Gasteiger charge is 2.35. The summed E-state index contributed by atoms with van der Waals surface area (Å²) < 4.78 is 0. The van der Waals surface area contributed by atoms with Crippen LogP contribution in [-0.4, -0.2) is 5.78 Å². The number of rotatable bonds is 3. The maximum absolute atomic E-state index is 11.4. The van der Waals surface area contributed by atoms with E-state index in [-0.39, 0.29) is 5.41 Å². The number of hydrogen-bond donors (Lipinski definition) is 0. The van der Waals surface area contributed by atoms with Gasteiger partial charge >= 0.3 is 0 Å². The average molecular weight is 226 g/mol. The van der Waals surface area contributed by atoms with Gasteiger partial charge in [0.25, 0.3) is 0 Å². The summed E-state index contributed by atoms with van der Waals surface area (Å²) in [5.41, 5.74) is 1.49. The molecule has 17 heavy (non-hydrogen) atoms. The van der Waals surface area contributed by atoms with Crippen LogP contribution in [0.1, 0.15) is 44.1 Å². The molecular weight excluding hydrogens is 208 g/mol. The summed E-state index contributed by atoms with van der Waals surface area (Å²) in [4.78, 5) is 11.4. The summed E-state index contributed by atoms with van der Waals surface area (Å²) in [7, 11) is 0. The third kappa shape index (κ3) is 2.58. The first kappa shape index (κ1) is 11.9. The fraction of sp³-hybridized carbons (Fsp3) is 0.438. The van der Waals surface area contributed by atoms with E-state index >= 15 is 0 Å². The Balaban J connectivity index is 2.25. The Kier molecular flexibility index (Phi) is 3.64. The van der Waals surface area contributed by atoms with Crippen molar-refractivity contribution in [3.63, 3.8) is 0 Å². The van der Waals surface area contributed by atoms with Crippen molar-refractivity contribution >= 4 is 5.78 Å². The van der Waals surface area contributed by atoms with Crippen molar-refractivity contribution < 1.29 is 4.79 Å². The first-order chi connectivity index (χ1) is 8.27. The molecule has 0 atom stereocenters. The Morgan fingerprint density at radius 1 is 1.18 bits per heavy atom. The summed E-state index contributed by atoms with van der Waals surface area (Å²) in [5, 5.41) is 0. The van der Waals surface area contributed by atoms with Gasteiger partial charge in [0.1, 0.15) is 5.78 Å². The third-order valence-electron chi connectivity index (χ3n) is 3.90. The van der Waals surface area contributed by atoms with Crippen LogP contribution in [0.3, 0.4) is 0 Å². The Bertz CT molecular complexity index is 415. The number of hydrogen-bond acceptors (Lipinski definition) is 1. The van der Waals surface area contributed by atoms with Crippen molar-refractivity contribution in [2.24, 2.45) is 0 Å². The lowest BCUT2D eigenvalue weighted by Gasteiger charge is -2.37. The van der Waals surface area contributed by atoms with E-state index in [1.165, 1.54) is 5.56 Å². The minimum atomic E-state index is 0.140. The molecule has 0 N–H and O–H groups in total. The minimum absolute atomic E-state index is 0.140. The van der Waals surface area contributed by atoms with Gasteiger partial charge < -0.3 is 0 Å². The van der Waals surface area contributed by atoms with Crippen molar-refractivity contribution in [2.75, 3.05) is 0 Å². The highest BCUT2D eigenvalue weighted by Crippen LogP contribution is 2.41. The van der Waals surface area contributed by atoms with E-state index in [2.05, 4.69) is 30.2 Å². The van der Waals surface area contributed by atoms with Gasteiger partial charge in [0.05, 0.1) is 0 Å². The van der Waals surface area contributed by atoms with Crippen LogP contribution in [0.5, 0.6) is 0 Å². The molecule has 1 aliphatic rings. The van der Waals surface area contributed by atoms with E-state index in [1.54, 1.807) is 0 Å². The van der Waals surface area contributed by atoms with Crippen LogP contribution in [-0.2, 0) is 10.2 Å².